The minimum absolute atomic E-state index is 0.0516. The van der Waals surface area contributed by atoms with E-state index in [1.165, 1.54) is 12.1 Å². The second-order valence-corrected chi connectivity index (χ2v) is 7.01. The van der Waals surface area contributed by atoms with E-state index in [0.29, 0.717) is 22.6 Å². The summed E-state index contributed by atoms with van der Waals surface area (Å²) in [6, 6.07) is 18.3. The molecule has 0 bridgehead atoms. The summed E-state index contributed by atoms with van der Waals surface area (Å²) >= 11 is 0.698. The fourth-order valence-corrected chi connectivity index (χ4v) is 3.15. The highest BCUT2D eigenvalue weighted by molar-refractivity contribution is 7.17. The Hall–Kier alpha value is -3.52. The number of hydrogen-bond donors (Lipinski definition) is 1. The number of carbonyl (C=O) groups excluding carboxylic acids is 2. The molecular weight excluding hydrogens is 380 g/mol. The summed E-state index contributed by atoms with van der Waals surface area (Å²) in [5.41, 5.74) is 2.11. The summed E-state index contributed by atoms with van der Waals surface area (Å²) in [6.07, 6.45) is -1.20. The van der Waals surface area contributed by atoms with E-state index in [9.17, 15) is 19.7 Å². The first-order chi connectivity index (χ1) is 13.4. The van der Waals surface area contributed by atoms with Crippen molar-refractivity contribution in [3.8, 4) is 0 Å². The summed E-state index contributed by atoms with van der Waals surface area (Å²) < 4.78 is 5.41. The SMILES string of the molecule is Cc1ccc(NC(=O)C(OC(=O)c2ccc([N+](=O)[O-])s2)c2ccccc2)cc1. The molecule has 2 aromatic carbocycles. The molecule has 1 atom stereocenters. The van der Waals surface area contributed by atoms with Crippen molar-refractivity contribution in [2.45, 2.75) is 13.0 Å². The lowest BCUT2D eigenvalue weighted by Crippen LogP contribution is -2.25. The number of esters is 1. The van der Waals surface area contributed by atoms with Gasteiger partial charge in [-0.15, -0.1) is 0 Å². The van der Waals surface area contributed by atoms with Gasteiger partial charge in [0.25, 0.3) is 5.91 Å². The van der Waals surface area contributed by atoms with E-state index in [-0.39, 0.29) is 9.88 Å². The van der Waals surface area contributed by atoms with E-state index in [2.05, 4.69) is 5.32 Å². The van der Waals surface area contributed by atoms with Gasteiger partial charge in [-0.25, -0.2) is 4.79 Å². The monoisotopic (exact) mass is 396 g/mol. The highest BCUT2D eigenvalue weighted by Crippen LogP contribution is 2.27. The van der Waals surface area contributed by atoms with Gasteiger partial charge in [-0.05, 0) is 25.1 Å². The maximum absolute atomic E-state index is 12.8. The fraction of sp³-hybridized carbons (Fsp3) is 0.100. The molecule has 8 heteroatoms. The van der Waals surface area contributed by atoms with Crippen molar-refractivity contribution in [3.05, 3.63) is 92.8 Å². The predicted molar refractivity (Wildman–Crippen MR) is 105 cm³/mol. The van der Waals surface area contributed by atoms with Crippen LogP contribution in [0.15, 0.2) is 66.7 Å². The number of benzene rings is 2. The average molecular weight is 396 g/mol. The normalized spacial score (nSPS) is 11.5. The molecule has 1 heterocycles. The van der Waals surface area contributed by atoms with Gasteiger partial charge in [-0.3, -0.25) is 14.9 Å². The van der Waals surface area contributed by atoms with Gasteiger partial charge >= 0.3 is 11.0 Å². The number of nitrogens with one attached hydrogen (secondary N) is 1. The maximum Gasteiger partial charge on any atom is 0.349 e. The van der Waals surface area contributed by atoms with E-state index < -0.39 is 22.9 Å². The van der Waals surface area contributed by atoms with Crippen molar-refractivity contribution in [1.29, 1.82) is 0 Å². The zero-order valence-corrected chi connectivity index (χ0v) is 15.6. The molecule has 3 rings (SSSR count). The first-order valence-corrected chi connectivity index (χ1v) is 9.13. The Balaban J connectivity index is 1.82. The highest BCUT2D eigenvalue weighted by Gasteiger charge is 2.27. The second-order valence-electron chi connectivity index (χ2n) is 5.95. The Morgan fingerprint density at radius 1 is 1.04 bits per heavy atom. The van der Waals surface area contributed by atoms with Gasteiger partial charge in [0.1, 0.15) is 4.88 Å². The van der Waals surface area contributed by atoms with E-state index in [0.717, 1.165) is 5.56 Å². The number of rotatable bonds is 6. The number of nitro groups is 1. The Labute approximate surface area is 164 Å². The zero-order valence-electron chi connectivity index (χ0n) is 14.8. The van der Waals surface area contributed by atoms with Crippen LogP contribution in [0.3, 0.4) is 0 Å². The summed E-state index contributed by atoms with van der Waals surface area (Å²) in [5.74, 6) is -1.32. The first kappa shape index (κ1) is 19.2. The Morgan fingerprint density at radius 2 is 1.71 bits per heavy atom. The van der Waals surface area contributed by atoms with Crippen molar-refractivity contribution in [1.82, 2.24) is 0 Å². The van der Waals surface area contributed by atoms with E-state index in [1.807, 2.05) is 19.1 Å². The van der Waals surface area contributed by atoms with Crippen LogP contribution in [0.4, 0.5) is 10.7 Å². The molecule has 1 amide bonds. The molecule has 0 saturated heterocycles. The molecule has 0 radical (unpaired) electrons. The summed E-state index contributed by atoms with van der Waals surface area (Å²) in [4.78, 5) is 35.5. The van der Waals surface area contributed by atoms with Gasteiger partial charge in [-0.2, -0.15) is 0 Å². The molecule has 1 unspecified atom stereocenters. The second kappa shape index (κ2) is 8.45. The molecule has 0 aliphatic heterocycles. The van der Waals surface area contributed by atoms with E-state index in [1.54, 1.807) is 42.5 Å². The Morgan fingerprint density at radius 3 is 2.32 bits per heavy atom. The summed E-state index contributed by atoms with van der Waals surface area (Å²) in [6.45, 7) is 1.93. The molecule has 142 valence electrons. The third-order valence-electron chi connectivity index (χ3n) is 3.86. The molecule has 0 saturated carbocycles. The van der Waals surface area contributed by atoms with Crippen LogP contribution in [0.5, 0.6) is 0 Å². The number of aryl methyl sites for hydroxylation is 1. The van der Waals surface area contributed by atoms with Crippen LogP contribution >= 0.6 is 11.3 Å². The van der Waals surface area contributed by atoms with Gasteiger partial charge < -0.3 is 10.1 Å². The van der Waals surface area contributed by atoms with Crippen LogP contribution in [0.2, 0.25) is 0 Å². The fourth-order valence-electron chi connectivity index (χ4n) is 2.45. The third kappa shape index (κ3) is 4.60. The average Bonchev–Trinajstić information content (AvgIpc) is 3.19. The molecule has 28 heavy (non-hydrogen) atoms. The topological polar surface area (TPSA) is 98.5 Å². The van der Waals surface area contributed by atoms with Crippen LogP contribution in [-0.2, 0) is 9.53 Å². The van der Waals surface area contributed by atoms with Crippen LogP contribution in [0, 0.1) is 17.0 Å². The smallest absolute Gasteiger partial charge is 0.349 e. The molecule has 0 fully saturated rings. The Kier molecular flexibility index (Phi) is 5.81. The number of ether oxygens (including phenoxy) is 1. The number of anilines is 1. The van der Waals surface area contributed by atoms with Gasteiger partial charge in [-0.1, -0.05) is 59.4 Å². The van der Waals surface area contributed by atoms with E-state index >= 15 is 0 Å². The zero-order chi connectivity index (χ0) is 20.1. The molecule has 0 spiro atoms. The number of amides is 1. The largest absolute Gasteiger partial charge is 0.443 e. The number of thiophene rings is 1. The molecule has 0 aliphatic rings. The van der Waals surface area contributed by atoms with Crippen LogP contribution in [0.25, 0.3) is 0 Å². The Bertz CT molecular complexity index is 999. The van der Waals surface area contributed by atoms with E-state index in [4.69, 9.17) is 4.74 Å². The van der Waals surface area contributed by atoms with Crippen molar-refractivity contribution in [2.24, 2.45) is 0 Å². The predicted octanol–water partition coefficient (Wildman–Crippen LogP) is 4.50. The van der Waals surface area contributed by atoms with Crippen LogP contribution < -0.4 is 5.32 Å². The summed E-state index contributed by atoms with van der Waals surface area (Å²) in [7, 11) is 0. The van der Waals surface area contributed by atoms with Crippen molar-refractivity contribution >= 4 is 33.9 Å². The lowest BCUT2D eigenvalue weighted by Gasteiger charge is -2.17. The number of nitrogens with zero attached hydrogens (tertiary/aromatic N) is 1. The quantitative estimate of drug-likeness (QED) is 0.376. The third-order valence-corrected chi connectivity index (χ3v) is 4.87. The standard InChI is InChI=1S/C20H16N2O5S/c1-13-7-9-15(10-8-13)21-19(23)18(14-5-3-2-4-6-14)27-20(24)16-11-12-17(28-16)22(25)26/h2-12,18H,1H3,(H,21,23). The minimum Gasteiger partial charge on any atom is -0.443 e. The number of carbonyl (C=O) groups is 2. The minimum atomic E-state index is -1.20. The lowest BCUT2D eigenvalue weighted by atomic mass is 10.1. The van der Waals surface area contributed by atoms with Crippen molar-refractivity contribution in [2.75, 3.05) is 5.32 Å². The lowest BCUT2D eigenvalue weighted by molar-refractivity contribution is -0.380. The van der Waals surface area contributed by atoms with Gasteiger partial charge in [0.2, 0.25) is 6.10 Å². The first-order valence-electron chi connectivity index (χ1n) is 8.32. The molecular formula is C20H16N2O5S. The van der Waals surface area contributed by atoms with Crippen molar-refractivity contribution in [3.63, 3.8) is 0 Å². The maximum atomic E-state index is 12.8. The van der Waals surface area contributed by atoms with Crippen molar-refractivity contribution < 1.29 is 19.2 Å². The highest BCUT2D eigenvalue weighted by atomic mass is 32.1. The molecule has 3 aromatic rings. The van der Waals surface area contributed by atoms with Gasteiger partial charge in [0, 0.05) is 17.3 Å². The molecule has 0 aliphatic carbocycles. The molecule has 7 nitrogen and oxygen atoms in total. The molecule has 1 aromatic heterocycles. The van der Waals surface area contributed by atoms with Crippen LogP contribution in [0.1, 0.15) is 26.9 Å². The van der Waals surface area contributed by atoms with Gasteiger partial charge in [0.05, 0.1) is 4.92 Å². The summed E-state index contributed by atoms with van der Waals surface area (Å²) in [5, 5.41) is 13.4. The van der Waals surface area contributed by atoms with Crippen LogP contribution in [-0.4, -0.2) is 16.8 Å². The number of hydrogen-bond acceptors (Lipinski definition) is 6. The molecule has 1 N–H and O–H groups in total. The van der Waals surface area contributed by atoms with Gasteiger partial charge in [0.15, 0.2) is 0 Å².